The molecule has 3 heteroatoms. The summed E-state index contributed by atoms with van der Waals surface area (Å²) < 4.78 is 1.08. The molecule has 2 aromatic rings. The van der Waals surface area contributed by atoms with Gasteiger partial charge >= 0.3 is 0 Å². The first-order valence-electron chi connectivity index (χ1n) is 4.41. The summed E-state index contributed by atoms with van der Waals surface area (Å²) in [6, 6.07) is 1.98. The van der Waals surface area contributed by atoms with Crippen LogP contribution in [0.1, 0.15) is 16.7 Å². The van der Waals surface area contributed by atoms with Crippen molar-refractivity contribution in [3.63, 3.8) is 0 Å². The molecule has 0 radical (unpaired) electrons. The smallest absolute Gasteiger partial charge is 0.0696 e. The summed E-state index contributed by atoms with van der Waals surface area (Å²) >= 11 is 7.73. The van der Waals surface area contributed by atoms with Gasteiger partial charge in [0.05, 0.1) is 16.3 Å². The maximum atomic E-state index is 9.19. The van der Waals surface area contributed by atoms with E-state index in [-0.39, 0.29) is 6.61 Å². The fourth-order valence-corrected chi connectivity index (χ4v) is 3.08. The fourth-order valence-electron chi connectivity index (χ4n) is 1.66. The Hall–Kier alpha value is -0.570. The van der Waals surface area contributed by atoms with Crippen LogP contribution in [0.4, 0.5) is 0 Å². The molecule has 1 aromatic carbocycles. The van der Waals surface area contributed by atoms with E-state index < -0.39 is 0 Å². The molecule has 0 atom stereocenters. The lowest BCUT2D eigenvalue weighted by molar-refractivity contribution is 0.283. The highest BCUT2D eigenvalue weighted by Gasteiger charge is 2.11. The van der Waals surface area contributed by atoms with E-state index in [1.54, 1.807) is 11.3 Å². The van der Waals surface area contributed by atoms with Crippen molar-refractivity contribution in [2.45, 2.75) is 20.5 Å². The molecule has 0 amide bonds. The summed E-state index contributed by atoms with van der Waals surface area (Å²) in [5.41, 5.74) is 3.37. The Morgan fingerprint density at radius 1 is 1.43 bits per heavy atom. The Kier molecular flexibility index (Phi) is 2.52. The molecule has 0 bridgehead atoms. The fraction of sp³-hybridized carbons (Fsp3) is 0.273. The lowest BCUT2D eigenvalue weighted by Gasteiger charge is -2.05. The molecule has 0 aliphatic rings. The highest BCUT2D eigenvalue weighted by molar-refractivity contribution is 7.18. The van der Waals surface area contributed by atoms with Gasteiger partial charge in [-0.3, -0.25) is 0 Å². The third-order valence-electron chi connectivity index (χ3n) is 2.56. The quantitative estimate of drug-likeness (QED) is 0.787. The lowest BCUT2D eigenvalue weighted by atomic mass is 10.0. The maximum absolute atomic E-state index is 9.19. The van der Waals surface area contributed by atoms with Crippen LogP contribution >= 0.6 is 22.9 Å². The molecule has 14 heavy (non-hydrogen) atoms. The number of benzene rings is 1. The maximum Gasteiger partial charge on any atom is 0.0696 e. The predicted octanol–water partition coefficient (Wildman–Crippen LogP) is 3.66. The number of aryl methyl sites for hydroxylation is 2. The third kappa shape index (κ3) is 1.34. The van der Waals surface area contributed by atoms with Crippen molar-refractivity contribution < 1.29 is 5.11 Å². The minimum atomic E-state index is 0.0840. The zero-order valence-corrected chi connectivity index (χ0v) is 9.67. The Labute approximate surface area is 91.9 Å². The minimum absolute atomic E-state index is 0.0840. The van der Waals surface area contributed by atoms with Crippen molar-refractivity contribution in [3.8, 4) is 0 Å². The average molecular weight is 227 g/mol. The molecule has 1 heterocycles. The second-order valence-electron chi connectivity index (χ2n) is 3.42. The van der Waals surface area contributed by atoms with Gasteiger partial charge in [0.1, 0.15) is 0 Å². The van der Waals surface area contributed by atoms with Gasteiger partial charge in [0.2, 0.25) is 0 Å². The minimum Gasteiger partial charge on any atom is -0.392 e. The van der Waals surface area contributed by atoms with Crippen molar-refractivity contribution in [1.82, 2.24) is 0 Å². The van der Waals surface area contributed by atoms with Crippen LogP contribution < -0.4 is 0 Å². The SMILES string of the molecule is Cc1cc(Cl)c2scc(CO)c2c1C. The van der Waals surface area contributed by atoms with E-state index in [0.29, 0.717) is 0 Å². The molecule has 0 saturated carbocycles. The summed E-state index contributed by atoms with van der Waals surface area (Å²) in [4.78, 5) is 0. The largest absolute Gasteiger partial charge is 0.392 e. The first kappa shape index (κ1) is 9.97. The first-order valence-corrected chi connectivity index (χ1v) is 5.67. The van der Waals surface area contributed by atoms with Gasteiger partial charge in [0, 0.05) is 5.39 Å². The normalized spacial score (nSPS) is 11.1. The molecule has 0 aliphatic carbocycles. The van der Waals surface area contributed by atoms with Gasteiger partial charge in [-0.1, -0.05) is 11.6 Å². The number of rotatable bonds is 1. The zero-order valence-electron chi connectivity index (χ0n) is 8.10. The number of hydrogen-bond donors (Lipinski definition) is 1. The number of fused-ring (bicyclic) bond motifs is 1. The van der Waals surface area contributed by atoms with Crippen LogP contribution in [-0.2, 0) is 6.61 Å². The van der Waals surface area contributed by atoms with Gasteiger partial charge in [-0.15, -0.1) is 11.3 Å². The van der Waals surface area contributed by atoms with Gasteiger partial charge in [0.15, 0.2) is 0 Å². The molecule has 74 valence electrons. The van der Waals surface area contributed by atoms with Crippen LogP contribution in [-0.4, -0.2) is 5.11 Å². The number of aliphatic hydroxyl groups excluding tert-OH is 1. The van der Waals surface area contributed by atoms with E-state index >= 15 is 0 Å². The van der Waals surface area contributed by atoms with Gasteiger partial charge in [-0.05, 0) is 42.0 Å². The summed E-state index contributed by atoms with van der Waals surface area (Å²) in [7, 11) is 0. The van der Waals surface area contributed by atoms with Gasteiger partial charge in [0.25, 0.3) is 0 Å². The highest BCUT2D eigenvalue weighted by atomic mass is 35.5. The number of hydrogen-bond acceptors (Lipinski definition) is 2. The Balaban J connectivity index is 2.92. The van der Waals surface area contributed by atoms with E-state index in [0.717, 1.165) is 20.7 Å². The van der Waals surface area contributed by atoms with Crippen molar-refractivity contribution in [3.05, 3.63) is 33.2 Å². The Morgan fingerprint density at radius 2 is 2.14 bits per heavy atom. The average Bonchev–Trinajstić information content (AvgIpc) is 2.58. The molecule has 0 spiro atoms. The van der Waals surface area contributed by atoms with Crippen molar-refractivity contribution >= 4 is 33.0 Å². The highest BCUT2D eigenvalue weighted by Crippen LogP contribution is 2.36. The van der Waals surface area contributed by atoms with Crippen LogP contribution in [0.3, 0.4) is 0 Å². The molecule has 0 fully saturated rings. The van der Waals surface area contributed by atoms with Crippen molar-refractivity contribution in [2.75, 3.05) is 0 Å². The molecule has 1 aromatic heterocycles. The molecule has 0 aliphatic heterocycles. The summed E-state index contributed by atoms with van der Waals surface area (Å²) in [5, 5.41) is 13.1. The third-order valence-corrected chi connectivity index (χ3v) is 4.04. The first-order chi connectivity index (χ1) is 6.65. The van der Waals surface area contributed by atoms with Crippen molar-refractivity contribution in [2.24, 2.45) is 0 Å². The molecule has 2 rings (SSSR count). The van der Waals surface area contributed by atoms with Gasteiger partial charge in [-0.25, -0.2) is 0 Å². The second kappa shape index (κ2) is 3.54. The number of halogens is 1. The molecule has 0 unspecified atom stereocenters. The van der Waals surface area contributed by atoms with E-state index in [4.69, 9.17) is 11.6 Å². The van der Waals surface area contributed by atoms with Crippen molar-refractivity contribution in [1.29, 1.82) is 0 Å². The van der Waals surface area contributed by atoms with E-state index in [1.165, 1.54) is 11.1 Å². The van der Waals surface area contributed by atoms with Crippen LogP contribution in [0.2, 0.25) is 5.02 Å². The zero-order chi connectivity index (χ0) is 10.3. The van der Waals surface area contributed by atoms with Crippen LogP contribution in [0.25, 0.3) is 10.1 Å². The van der Waals surface area contributed by atoms with E-state index in [9.17, 15) is 5.11 Å². The molecule has 1 N–H and O–H groups in total. The van der Waals surface area contributed by atoms with Crippen LogP contribution in [0.15, 0.2) is 11.4 Å². The lowest BCUT2D eigenvalue weighted by Crippen LogP contribution is -1.86. The van der Waals surface area contributed by atoms with Gasteiger partial charge in [-0.2, -0.15) is 0 Å². The number of aliphatic hydroxyl groups is 1. The van der Waals surface area contributed by atoms with Gasteiger partial charge < -0.3 is 5.11 Å². The van der Waals surface area contributed by atoms with Crippen LogP contribution in [0.5, 0.6) is 0 Å². The molecule has 1 nitrogen and oxygen atoms in total. The number of thiophene rings is 1. The predicted molar refractivity (Wildman–Crippen MR) is 62.2 cm³/mol. The summed E-state index contributed by atoms with van der Waals surface area (Å²) in [5.74, 6) is 0. The summed E-state index contributed by atoms with van der Waals surface area (Å²) in [6.45, 7) is 4.19. The van der Waals surface area contributed by atoms with Crippen LogP contribution in [0, 0.1) is 13.8 Å². The second-order valence-corrected chi connectivity index (χ2v) is 4.71. The Bertz CT molecular complexity index is 487. The van der Waals surface area contributed by atoms with E-state index in [1.807, 2.05) is 18.4 Å². The molecule has 0 saturated heterocycles. The van der Waals surface area contributed by atoms with E-state index in [2.05, 4.69) is 6.92 Å². The summed E-state index contributed by atoms with van der Waals surface area (Å²) in [6.07, 6.45) is 0. The standard InChI is InChI=1S/C11H11ClOS/c1-6-3-9(12)11-10(7(6)2)8(4-13)5-14-11/h3,5,13H,4H2,1-2H3. The topological polar surface area (TPSA) is 20.2 Å². The monoisotopic (exact) mass is 226 g/mol. The molecular formula is C11H11ClOS. The Morgan fingerprint density at radius 3 is 2.79 bits per heavy atom. The molecular weight excluding hydrogens is 216 g/mol.